The van der Waals surface area contributed by atoms with Crippen LogP contribution in [0.25, 0.3) is 0 Å². The molecule has 0 fully saturated rings. The second-order valence-corrected chi connectivity index (χ2v) is 4.93. The molecule has 0 aromatic heterocycles. The Morgan fingerprint density at radius 1 is 0.857 bits per heavy atom. The highest BCUT2D eigenvalue weighted by Crippen LogP contribution is 2.04. The normalized spacial score (nSPS) is 12.6. The molecule has 0 aliphatic rings. The first-order chi connectivity index (χ1) is 10.3. The van der Waals surface area contributed by atoms with Gasteiger partial charge in [-0.05, 0) is 18.1 Å². The summed E-state index contributed by atoms with van der Waals surface area (Å²) in [6, 6.07) is 20.4. The van der Waals surface area contributed by atoms with Crippen LogP contribution in [0.15, 0.2) is 72.8 Å². The van der Waals surface area contributed by atoms with Gasteiger partial charge < -0.3 is 9.47 Å². The lowest BCUT2D eigenvalue weighted by atomic mass is 10.2. The number of rotatable bonds is 8. The van der Waals surface area contributed by atoms with Crippen molar-refractivity contribution in [2.24, 2.45) is 0 Å². The molecular formula is C19H22O2. The molecule has 2 aromatic carbocycles. The number of ether oxygens (including phenoxy) is 2. The molecule has 0 aliphatic heterocycles. The van der Waals surface area contributed by atoms with E-state index in [1.165, 1.54) is 11.1 Å². The van der Waals surface area contributed by atoms with E-state index in [4.69, 9.17) is 9.47 Å². The Hall–Kier alpha value is -1.90. The fraction of sp³-hybridized carbons (Fsp3) is 0.263. The molecule has 0 saturated heterocycles. The summed E-state index contributed by atoms with van der Waals surface area (Å²) in [5, 5.41) is 0. The van der Waals surface area contributed by atoms with E-state index in [-0.39, 0.29) is 6.10 Å². The van der Waals surface area contributed by atoms with Crippen molar-refractivity contribution in [3.63, 3.8) is 0 Å². The second-order valence-electron chi connectivity index (χ2n) is 4.93. The third kappa shape index (κ3) is 6.39. The summed E-state index contributed by atoms with van der Waals surface area (Å²) in [7, 11) is 0. The van der Waals surface area contributed by atoms with Crippen molar-refractivity contribution in [2.45, 2.75) is 26.2 Å². The Labute approximate surface area is 127 Å². The van der Waals surface area contributed by atoms with Crippen molar-refractivity contribution in [2.75, 3.05) is 6.61 Å². The van der Waals surface area contributed by atoms with E-state index < -0.39 is 0 Å². The molecule has 0 saturated carbocycles. The molecule has 21 heavy (non-hydrogen) atoms. The first-order valence-electron chi connectivity index (χ1n) is 7.28. The van der Waals surface area contributed by atoms with Gasteiger partial charge in [0.25, 0.3) is 0 Å². The molecule has 2 heteroatoms. The monoisotopic (exact) mass is 282 g/mol. The predicted octanol–water partition coefficient (Wildman–Crippen LogP) is 4.36. The summed E-state index contributed by atoms with van der Waals surface area (Å²) in [5.74, 6) is 0. The topological polar surface area (TPSA) is 18.5 Å². The highest BCUT2D eigenvalue weighted by atomic mass is 16.5. The van der Waals surface area contributed by atoms with Gasteiger partial charge in [-0.3, -0.25) is 0 Å². The minimum Gasteiger partial charge on any atom is -0.373 e. The molecule has 2 rings (SSSR count). The van der Waals surface area contributed by atoms with Gasteiger partial charge >= 0.3 is 0 Å². The maximum atomic E-state index is 5.75. The van der Waals surface area contributed by atoms with E-state index in [0.717, 1.165) is 0 Å². The van der Waals surface area contributed by atoms with Crippen LogP contribution in [0.5, 0.6) is 0 Å². The Morgan fingerprint density at radius 2 is 1.43 bits per heavy atom. The lowest BCUT2D eigenvalue weighted by molar-refractivity contribution is 0.0828. The van der Waals surface area contributed by atoms with Gasteiger partial charge in [0.05, 0.1) is 25.9 Å². The average Bonchev–Trinajstić information content (AvgIpc) is 2.54. The molecule has 0 bridgehead atoms. The fourth-order valence-corrected chi connectivity index (χ4v) is 1.92. The summed E-state index contributed by atoms with van der Waals surface area (Å²) in [4.78, 5) is 0. The second kappa shape index (κ2) is 9.11. The fourth-order valence-electron chi connectivity index (χ4n) is 1.92. The number of hydrogen-bond acceptors (Lipinski definition) is 2. The molecule has 2 aromatic rings. The van der Waals surface area contributed by atoms with Crippen LogP contribution < -0.4 is 0 Å². The first-order valence-corrected chi connectivity index (χ1v) is 7.28. The molecule has 0 amide bonds. The van der Waals surface area contributed by atoms with E-state index in [0.29, 0.717) is 19.8 Å². The summed E-state index contributed by atoms with van der Waals surface area (Å²) in [6.07, 6.45) is 4.14. The maximum absolute atomic E-state index is 5.75. The third-order valence-corrected chi connectivity index (χ3v) is 3.09. The third-order valence-electron chi connectivity index (χ3n) is 3.09. The summed E-state index contributed by atoms with van der Waals surface area (Å²) >= 11 is 0. The highest BCUT2D eigenvalue weighted by Gasteiger charge is 1.97. The van der Waals surface area contributed by atoms with Crippen molar-refractivity contribution in [3.05, 3.63) is 83.9 Å². The van der Waals surface area contributed by atoms with Crippen molar-refractivity contribution in [3.8, 4) is 0 Å². The van der Waals surface area contributed by atoms with Gasteiger partial charge in [0.15, 0.2) is 0 Å². The Balaban J connectivity index is 1.60. The van der Waals surface area contributed by atoms with Gasteiger partial charge in [0, 0.05) is 0 Å². The van der Waals surface area contributed by atoms with Crippen LogP contribution in [0.1, 0.15) is 18.1 Å². The smallest absolute Gasteiger partial charge is 0.0733 e. The zero-order valence-electron chi connectivity index (χ0n) is 12.4. The Bertz CT molecular complexity index is 520. The minimum absolute atomic E-state index is 0.0885. The molecule has 0 N–H and O–H groups in total. The van der Waals surface area contributed by atoms with Crippen molar-refractivity contribution >= 4 is 0 Å². The van der Waals surface area contributed by atoms with E-state index in [2.05, 4.69) is 24.3 Å². The standard InChI is InChI=1S/C19H22O2/c1-17(21-16-19-12-6-3-7-13-19)9-8-14-20-15-18-10-4-2-5-11-18/h2-13,17H,14-16H2,1H3/b9-8-/t17-/m0/s1. The number of benzene rings is 2. The maximum Gasteiger partial charge on any atom is 0.0733 e. The van der Waals surface area contributed by atoms with Gasteiger partial charge in [-0.2, -0.15) is 0 Å². The van der Waals surface area contributed by atoms with Gasteiger partial charge in [-0.1, -0.05) is 72.8 Å². The van der Waals surface area contributed by atoms with E-state index >= 15 is 0 Å². The van der Waals surface area contributed by atoms with Crippen molar-refractivity contribution in [1.82, 2.24) is 0 Å². The molecule has 0 radical (unpaired) electrons. The zero-order valence-corrected chi connectivity index (χ0v) is 12.4. The Morgan fingerprint density at radius 3 is 2.05 bits per heavy atom. The van der Waals surface area contributed by atoms with Crippen LogP contribution in [0.3, 0.4) is 0 Å². The van der Waals surface area contributed by atoms with E-state index in [1.54, 1.807) is 0 Å². The van der Waals surface area contributed by atoms with Crippen molar-refractivity contribution < 1.29 is 9.47 Å². The van der Waals surface area contributed by atoms with Crippen molar-refractivity contribution in [1.29, 1.82) is 0 Å². The van der Waals surface area contributed by atoms with Crippen LogP contribution in [-0.2, 0) is 22.7 Å². The molecule has 2 nitrogen and oxygen atoms in total. The molecule has 0 spiro atoms. The molecular weight excluding hydrogens is 260 g/mol. The highest BCUT2D eigenvalue weighted by molar-refractivity contribution is 5.14. The molecule has 0 heterocycles. The lowest BCUT2D eigenvalue weighted by Gasteiger charge is -2.09. The van der Waals surface area contributed by atoms with Crippen LogP contribution in [0.4, 0.5) is 0 Å². The van der Waals surface area contributed by atoms with Crippen LogP contribution in [0, 0.1) is 0 Å². The minimum atomic E-state index is 0.0885. The predicted molar refractivity (Wildman–Crippen MR) is 85.9 cm³/mol. The first kappa shape index (κ1) is 15.5. The van der Waals surface area contributed by atoms with Gasteiger partial charge in [-0.15, -0.1) is 0 Å². The van der Waals surface area contributed by atoms with Gasteiger partial charge in [-0.25, -0.2) is 0 Å². The molecule has 0 aliphatic carbocycles. The zero-order chi connectivity index (χ0) is 14.8. The Kier molecular flexibility index (Phi) is 6.72. The summed E-state index contributed by atoms with van der Waals surface area (Å²) in [6.45, 7) is 3.92. The van der Waals surface area contributed by atoms with Gasteiger partial charge in [0.2, 0.25) is 0 Å². The van der Waals surface area contributed by atoms with Gasteiger partial charge in [0.1, 0.15) is 0 Å². The summed E-state index contributed by atoms with van der Waals surface area (Å²) < 4.78 is 11.3. The number of hydrogen-bond donors (Lipinski definition) is 0. The summed E-state index contributed by atoms with van der Waals surface area (Å²) in [5.41, 5.74) is 2.39. The molecule has 110 valence electrons. The average molecular weight is 282 g/mol. The van der Waals surface area contributed by atoms with Crippen LogP contribution >= 0.6 is 0 Å². The SMILES string of the molecule is C[C@@H](/C=C\COCc1ccccc1)OCc1ccccc1. The van der Waals surface area contributed by atoms with Crippen LogP contribution in [-0.4, -0.2) is 12.7 Å². The van der Waals surface area contributed by atoms with E-state index in [9.17, 15) is 0 Å². The largest absolute Gasteiger partial charge is 0.373 e. The van der Waals surface area contributed by atoms with E-state index in [1.807, 2.05) is 55.5 Å². The molecule has 0 unspecified atom stereocenters. The quantitative estimate of drug-likeness (QED) is 0.529. The molecule has 1 atom stereocenters. The van der Waals surface area contributed by atoms with Crippen LogP contribution in [0.2, 0.25) is 0 Å². The lowest BCUT2D eigenvalue weighted by Crippen LogP contribution is -2.05.